The van der Waals surface area contributed by atoms with Crippen molar-refractivity contribution < 1.29 is 4.42 Å². The fraction of sp³-hybridized carbons (Fsp3) is 0.556. The highest BCUT2D eigenvalue weighted by atomic mass is 16.3. The topological polar surface area (TPSA) is 28.4 Å². The van der Waals surface area contributed by atoms with E-state index < -0.39 is 0 Å². The summed E-state index contributed by atoms with van der Waals surface area (Å²) in [5, 5.41) is 4.79. The molecule has 2 fully saturated rings. The summed E-state index contributed by atoms with van der Waals surface area (Å²) < 4.78 is 5.91. The van der Waals surface area contributed by atoms with Crippen molar-refractivity contribution in [1.82, 2.24) is 10.2 Å². The number of benzene rings is 1. The Balaban J connectivity index is 1.54. The molecule has 2 saturated heterocycles. The lowest BCUT2D eigenvalue weighted by molar-refractivity contribution is 0.194. The van der Waals surface area contributed by atoms with Crippen LogP contribution in [-0.4, -0.2) is 31.1 Å². The SMILES string of the molecule is Cc1oc2ccccc2c1CN1CCC2(CCNCC2)C1. The van der Waals surface area contributed by atoms with Gasteiger partial charge in [-0.05, 0) is 57.3 Å². The highest BCUT2D eigenvalue weighted by Gasteiger charge is 2.38. The van der Waals surface area contributed by atoms with Gasteiger partial charge < -0.3 is 9.73 Å². The van der Waals surface area contributed by atoms with Crippen molar-refractivity contribution in [3.05, 3.63) is 35.6 Å². The molecule has 3 heteroatoms. The van der Waals surface area contributed by atoms with E-state index >= 15 is 0 Å². The van der Waals surface area contributed by atoms with Crippen molar-refractivity contribution in [1.29, 1.82) is 0 Å². The highest BCUT2D eigenvalue weighted by Crippen LogP contribution is 2.39. The Morgan fingerprint density at radius 2 is 2.00 bits per heavy atom. The minimum atomic E-state index is 0.582. The Bertz CT molecular complexity index is 640. The Morgan fingerprint density at radius 3 is 2.86 bits per heavy atom. The molecule has 2 aliphatic heterocycles. The van der Waals surface area contributed by atoms with E-state index in [1.165, 1.54) is 56.4 Å². The van der Waals surface area contributed by atoms with Crippen LogP contribution in [0.2, 0.25) is 0 Å². The molecule has 4 rings (SSSR count). The van der Waals surface area contributed by atoms with Crippen molar-refractivity contribution in [3.63, 3.8) is 0 Å². The van der Waals surface area contributed by atoms with Crippen molar-refractivity contribution in [2.45, 2.75) is 32.7 Å². The molecule has 0 unspecified atom stereocenters. The molecule has 21 heavy (non-hydrogen) atoms. The van der Waals surface area contributed by atoms with Crippen molar-refractivity contribution in [3.8, 4) is 0 Å². The standard InChI is InChI=1S/C18H24N2O/c1-14-16(15-4-2-3-5-17(15)21-14)12-20-11-8-18(13-20)6-9-19-10-7-18/h2-5,19H,6-13H2,1H3. The van der Waals surface area contributed by atoms with Gasteiger partial charge in [0.2, 0.25) is 0 Å². The van der Waals surface area contributed by atoms with Crippen molar-refractivity contribution in [2.75, 3.05) is 26.2 Å². The van der Waals surface area contributed by atoms with Gasteiger partial charge in [-0.2, -0.15) is 0 Å². The summed E-state index contributed by atoms with van der Waals surface area (Å²) in [5.41, 5.74) is 3.00. The van der Waals surface area contributed by atoms with Gasteiger partial charge in [-0.3, -0.25) is 4.90 Å². The fourth-order valence-electron chi connectivity index (χ4n) is 4.17. The number of likely N-dealkylation sites (tertiary alicyclic amines) is 1. The summed E-state index contributed by atoms with van der Waals surface area (Å²) in [6.45, 7) is 8.03. The average Bonchev–Trinajstić information content (AvgIpc) is 3.03. The number of piperidine rings is 1. The number of hydrogen-bond acceptors (Lipinski definition) is 3. The largest absolute Gasteiger partial charge is 0.461 e. The zero-order valence-corrected chi connectivity index (χ0v) is 12.8. The lowest BCUT2D eigenvalue weighted by atomic mass is 9.78. The van der Waals surface area contributed by atoms with E-state index in [9.17, 15) is 0 Å². The Hall–Kier alpha value is -1.32. The van der Waals surface area contributed by atoms with Gasteiger partial charge in [0.15, 0.2) is 0 Å². The first-order chi connectivity index (χ1) is 10.3. The van der Waals surface area contributed by atoms with Crippen LogP contribution >= 0.6 is 0 Å². The first-order valence-electron chi connectivity index (χ1n) is 8.16. The summed E-state index contributed by atoms with van der Waals surface area (Å²) in [7, 11) is 0. The third-order valence-corrected chi connectivity index (χ3v) is 5.46. The zero-order chi connectivity index (χ0) is 14.3. The predicted molar refractivity (Wildman–Crippen MR) is 85.4 cm³/mol. The molecule has 1 aromatic heterocycles. The first kappa shape index (κ1) is 13.4. The molecule has 112 valence electrons. The van der Waals surface area contributed by atoms with E-state index in [0.717, 1.165) is 17.9 Å². The minimum absolute atomic E-state index is 0.582. The molecule has 1 N–H and O–H groups in total. The molecule has 1 spiro atoms. The lowest BCUT2D eigenvalue weighted by Gasteiger charge is -2.33. The van der Waals surface area contributed by atoms with Gasteiger partial charge >= 0.3 is 0 Å². The normalized spacial score (nSPS) is 22.3. The van der Waals surface area contributed by atoms with Gasteiger partial charge in [-0.15, -0.1) is 0 Å². The number of furan rings is 1. The molecule has 3 nitrogen and oxygen atoms in total. The van der Waals surface area contributed by atoms with Crippen LogP contribution in [0.4, 0.5) is 0 Å². The molecule has 0 radical (unpaired) electrons. The van der Waals surface area contributed by atoms with Gasteiger partial charge in [0.05, 0.1) is 0 Å². The molecule has 0 bridgehead atoms. The van der Waals surface area contributed by atoms with Crippen LogP contribution in [0.1, 0.15) is 30.6 Å². The monoisotopic (exact) mass is 284 g/mol. The summed E-state index contributed by atoms with van der Waals surface area (Å²) in [6, 6.07) is 8.43. The summed E-state index contributed by atoms with van der Waals surface area (Å²) in [6.07, 6.45) is 4.05. The smallest absolute Gasteiger partial charge is 0.134 e. The maximum atomic E-state index is 5.91. The maximum Gasteiger partial charge on any atom is 0.134 e. The number of rotatable bonds is 2. The second-order valence-electron chi connectivity index (χ2n) is 6.84. The number of para-hydroxylation sites is 1. The molecule has 2 aromatic rings. The van der Waals surface area contributed by atoms with Crippen LogP contribution < -0.4 is 5.32 Å². The average molecular weight is 284 g/mol. The van der Waals surface area contributed by atoms with E-state index in [4.69, 9.17) is 4.42 Å². The van der Waals surface area contributed by atoms with Crippen LogP contribution in [0.3, 0.4) is 0 Å². The van der Waals surface area contributed by atoms with Crippen molar-refractivity contribution >= 4 is 11.0 Å². The van der Waals surface area contributed by atoms with Crippen LogP contribution in [0.25, 0.3) is 11.0 Å². The van der Waals surface area contributed by atoms with Gasteiger partial charge in [0.25, 0.3) is 0 Å². The van der Waals surface area contributed by atoms with E-state index in [2.05, 4.69) is 41.4 Å². The molecule has 3 heterocycles. The molecule has 0 aliphatic carbocycles. The van der Waals surface area contributed by atoms with Crippen LogP contribution in [0.5, 0.6) is 0 Å². The van der Waals surface area contributed by atoms with Gasteiger partial charge in [-0.25, -0.2) is 0 Å². The zero-order valence-electron chi connectivity index (χ0n) is 12.8. The number of nitrogens with zero attached hydrogens (tertiary/aromatic N) is 1. The molecule has 0 atom stereocenters. The van der Waals surface area contributed by atoms with Gasteiger partial charge in [0.1, 0.15) is 11.3 Å². The third-order valence-electron chi connectivity index (χ3n) is 5.46. The Kier molecular flexibility index (Phi) is 3.27. The Morgan fingerprint density at radius 1 is 1.19 bits per heavy atom. The number of nitrogens with one attached hydrogen (secondary N) is 1. The van der Waals surface area contributed by atoms with Gasteiger partial charge in [-0.1, -0.05) is 18.2 Å². The first-order valence-corrected chi connectivity index (χ1v) is 8.16. The fourth-order valence-corrected chi connectivity index (χ4v) is 4.17. The van der Waals surface area contributed by atoms with Gasteiger partial charge in [0, 0.05) is 24.0 Å². The number of fused-ring (bicyclic) bond motifs is 1. The molecule has 1 aromatic carbocycles. The highest BCUT2D eigenvalue weighted by molar-refractivity contribution is 5.82. The van der Waals surface area contributed by atoms with E-state index in [1.807, 2.05) is 0 Å². The summed E-state index contributed by atoms with van der Waals surface area (Å²) >= 11 is 0. The number of hydrogen-bond donors (Lipinski definition) is 1. The lowest BCUT2D eigenvalue weighted by Crippen LogP contribution is -2.38. The second-order valence-corrected chi connectivity index (χ2v) is 6.84. The predicted octanol–water partition coefficient (Wildman–Crippen LogP) is 3.32. The maximum absolute atomic E-state index is 5.91. The molecule has 0 amide bonds. The van der Waals surface area contributed by atoms with Crippen LogP contribution in [0, 0.1) is 12.3 Å². The molecular formula is C18H24N2O. The minimum Gasteiger partial charge on any atom is -0.461 e. The van der Waals surface area contributed by atoms with E-state index in [0.29, 0.717) is 5.41 Å². The van der Waals surface area contributed by atoms with Crippen LogP contribution in [-0.2, 0) is 6.54 Å². The van der Waals surface area contributed by atoms with Crippen molar-refractivity contribution in [2.24, 2.45) is 5.41 Å². The summed E-state index contributed by atoms with van der Waals surface area (Å²) in [4.78, 5) is 2.63. The summed E-state index contributed by atoms with van der Waals surface area (Å²) in [5.74, 6) is 1.09. The quantitative estimate of drug-likeness (QED) is 0.917. The molecule has 2 aliphatic rings. The van der Waals surface area contributed by atoms with Crippen LogP contribution in [0.15, 0.2) is 28.7 Å². The van der Waals surface area contributed by atoms with E-state index in [1.54, 1.807) is 0 Å². The second kappa shape index (κ2) is 5.15. The van der Waals surface area contributed by atoms with E-state index in [-0.39, 0.29) is 0 Å². The molecule has 0 saturated carbocycles. The molecular weight excluding hydrogens is 260 g/mol. The Labute approximate surface area is 126 Å². The third kappa shape index (κ3) is 2.39. The number of aryl methyl sites for hydroxylation is 1.